The summed E-state index contributed by atoms with van der Waals surface area (Å²) in [6, 6.07) is 0. The molecule has 4 nitrogen and oxygen atoms in total. The molecule has 0 aromatic carbocycles. The van der Waals surface area contributed by atoms with Gasteiger partial charge in [-0.15, -0.1) is 0 Å². The zero-order valence-corrected chi connectivity index (χ0v) is 9.94. The summed E-state index contributed by atoms with van der Waals surface area (Å²) >= 11 is 0. The maximum atomic E-state index is 9.54. The predicted molar refractivity (Wildman–Crippen MR) is 61.1 cm³/mol. The smallest absolute Gasteiger partial charge is 0.157 e. The zero-order valence-electron chi connectivity index (χ0n) is 9.94. The molecule has 0 aromatic heterocycles. The molecule has 96 valence electrons. The first-order chi connectivity index (χ1) is 7.83. The highest BCUT2D eigenvalue weighted by atomic mass is 16.7. The van der Waals surface area contributed by atoms with Crippen LogP contribution < -0.4 is 0 Å². The van der Waals surface area contributed by atoms with Crippen LogP contribution >= 0.6 is 0 Å². The van der Waals surface area contributed by atoms with Gasteiger partial charge in [-0.1, -0.05) is 6.42 Å². The quantitative estimate of drug-likeness (QED) is 0.622. The molecule has 1 aliphatic rings. The molecule has 0 saturated carbocycles. The van der Waals surface area contributed by atoms with Gasteiger partial charge in [0.2, 0.25) is 0 Å². The highest BCUT2D eigenvalue weighted by molar-refractivity contribution is 4.58. The molecule has 4 heteroatoms. The van der Waals surface area contributed by atoms with Crippen molar-refractivity contribution in [3.05, 3.63) is 0 Å². The maximum Gasteiger partial charge on any atom is 0.157 e. The van der Waals surface area contributed by atoms with E-state index in [9.17, 15) is 5.11 Å². The molecule has 0 aromatic rings. The van der Waals surface area contributed by atoms with Gasteiger partial charge in [-0.2, -0.15) is 0 Å². The predicted octanol–water partition coefficient (Wildman–Crippen LogP) is 1.44. The van der Waals surface area contributed by atoms with Gasteiger partial charge in [-0.05, 0) is 38.5 Å². The fourth-order valence-corrected chi connectivity index (χ4v) is 1.87. The number of aliphatic hydroxyl groups is 2. The zero-order chi connectivity index (χ0) is 11.6. The average Bonchev–Trinajstić information content (AvgIpc) is 2.33. The number of unbranched alkanes of at least 4 members (excludes halogenated alkanes) is 1. The third-order valence-corrected chi connectivity index (χ3v) is 2.82. The first-order valence-electron chi connectivity index (χ1n) is 6.35. The summed E-state index contributed by atoms with van der Waals surface area (Å²) in [5.74, 6) is 0. The Kier molecular flexibility index (Phi) is 7.76. The Labute approximate surface area is 97.6 Å². The van der Waals surface area contributed by atoms with Crippen molar-refractivity contribution >= 4 is 0 Å². The number of hydrogen-bond acceptors (Lipinski definition) is 4. The molecule has 1 atom stereocenters. The van der Waals surface area contributed by atoms with Crippen LogP contribution in [0.2, 0.25) is 0 Å². The van der Waals surface area contributed by atoms with Gasteiger partial charge in [0.1, 0.15) is 0 Å². The van der Waals surface area contributed by atoms with E-state index in [4.69, 9.17) is 14.6 Å². The Morgan fingerprint density at radius 3 is 2.44 bits per heavy atom. The Morgan fingerprint density at radius 1 is 1.06 bits per heavy atom. The molecule has 0 spiro atoms. The maximum absolute atomic E-state index is 9.54. The molecule has 1 rings (SSSR count). The lowest BCUT2D eigenvalue weighted by molar-refractivity contribution is -0.181. The highest BCUT2D eigenvalue weighted by Crippen LogP contribution is 2.14. The molecular formula is C12H24O4. The van der Waals surface area contributed by atoms with E-state index < -0.39 is 0 Å². The van der Waals surface area contributed by atoms with Gasteiger partial charge in [-0.25, -0.2) is 0 Å². The largest absolute Gasteiger partial charge is 0.396 e. The van der Waals surface area contributed by atoms with Crippen molar-refractivity contribution in [1.29, 1.82) is 0 Å². The van der Waals surface area contributed by atoms with Gasteiger partial charge < -0.3 is 19.7 Å². The standard InChI is InChI=1S/C12H24O4/c13-8-3-6-11(14)5-1-2-7-12-15-9-4-10-16-12/h11-14H,1-10H2/t11-/m0/s1. The van der Waals surface area contributed by atoms with Crippen LogP contribution in [0, 0.1) is 0 Å². The summed E-state index contributed by atoms with van der Waals surface area (Å²) in [5, 5.41) is 18.2. The third-order valence-electron chi connectivity index (χ3n) is 2.82. The second-order valence-corrected chi connectivity index (χ2v) is 4.33. The van der Waals surface area contributed by atoms with Crippen LogP contribution in [-0.2, 0) is 9.47 Å². The monoisotopic (exact) mass is 232 g/mol. The fraction of sp³-hybridized carbons (Fsp3) is 1.00. The van der Waals surface area contributed by atoms with Gasteiger partial charge in [-0.3, -0.25) is 0 Å². The lowest BCUT2D eigenvalue weighted by Gasteiger charge is -2.23. The molecule has 1 saturated heterocycles. The Balaban J connectivity index is 1.90. The second-order valence-electron chi connectivity index (χ2n) is 4.33. The van der Waals surface area contributed by atoms with E-state index in [1.54, 1.807) is 0 Å². The molecule has 0 radical (unpaired) electrons. The minimum absolute atomic E-state index is 0.0247. The summed E-state index contributed by atoms with van der Waals surface area (Å²) in [6.07, 6.45) is 5.86. The number of aliphatic hydroxyl groups excluding tert-OH is 2. The number of hydrogen-bond donors (Lipinski definition) is 2. The van der Waals surface area contributed by atoms with Crippen LogP contribution in [0.4, 0.5) is 0 Å². The van der Waals surface area contributed by atoms with E-state index in [0.29, 0.717) is 12.8 Å². The van der Waals surface area contributed by atoms with Crippen LogP contribution in [-0.4, -0.2) is 42.4 Å². The summed E-state index contributed by atoms with van der Waals surface area (Å²) in [5.41, 5.74) is 0. The van der Waals surface area contributed by atoms with Crippen molar-refractivity contribution in [1.82, 2.24) is 0 Å². The SMILES string of the molecule is OCCC[C@@H](O)CCCCC1OCCCO1. The van der Waals surface area contributed by atoms with Crippen molar-refractivity contribution in [2.45, 2.75) is 57.3 Å². The van der Waals surface area contributed by atoms with E-state index in [1.807, 2.05) is 0 Å². The van der Waals surface area contributed by atoms with Gasteiger partial charge >= 0.3 is 0 Å². The van der Waals surface area contributed by atoms with E-state index in [0.717, 1.165) is 45.3 Å². The Bertz CT molecular complexity index is 157. The van der Waals surface area contributed by atoms with E-state index in [2.05, 4.69) is 0 Å². The average molecular weight is 232 g/mol. The number of ether oxygens (including phenoxy) is 2. The van der Waals surface area contributed by atoms with Crippen LogP contribution in [0.5, 0.6) is 0 Å². The lowest BCUT2D eigenvalue weighted by atomic mass is 10.1. The third kappa shape index (κ3) is 6.43. The molecule has 1 heterocycles. The van der Waals surface area contributed by atoms with Crippen LogP contribution in [0.3, 0.4) is 0 Å². The molecular weight excluding hydrogens is 208 g/mol. The summed E-state index contributed by atoms with van der Waals surface area (Å²) < 4.78 is 10.9. The van der Waals surface area contributed by atoms with Crippen molar-refractivity contribution in [3.8, 4) is 0 Å². The molecule has 0 aliphatic carbocycles. The summed E-state index contributed by atoms with van der Waals surface area (Å²) in [4.78, 5) is 0. The van der Waals surface area contributed by atoms with Crippen LogP contribution in [0.1, 0.15) is 44.9 Å². The summed E-state index contributed by atoms with van der Waals surface area (Å²) in [7, 11) is 0. The molecule has 0 amide bonds. The van der Waals surface area contributed by atoms with Gasteiger partial charge in [0.25, 0.3) is 0 Å². The molecule has 0 unspecified atom stereocenters. The first kappa shape index (κ1) is 13.9. The Morgan fingerprint density at radius 2 is 1.75 bits per heavy atom. The summed E-state index contributed by atoms with van der Waals surface area (Å²) in [6.45, 7) is 1.79. The minimum atomic E-state index is -0.264. The van der Waals surface area contributed by atoms with Gasteiger partial charge in [0.15, 0.2) is 6.29 Å². The first-order valence-corrected chi connectivity index (χ1v) is 6.35. The lowest BCUT2D eigenvalue weighted by Crippen LogP contribution is -2.24. The minimum Gasteiger partial charge on any atom is -0.396 e. The molecule has 16 heavy (non-hydrogen) atoms. The molecule has 2 N–H and O–H groups in total. The molecule has 0 bridgehead atoms. The van der Waals surface area contributed by atoms with Crippen molar-refractivity contribution < 1.29 is 19.7 Å². The highest BCUT2D eigenvalue weighted by Gasteiger charge is 2.13. The van der Waals surface area contributed by atoms with Crippen molar-refractivity contribution in [3.63, 3.8) is 0 Å². The van der Waals surface area contributed by atoms with Crippen LogP contribution in [0.15, 0.2) is 0 Å². The molecule has 1 fully saturated rings. The van der Waals surface area contributed by atoms with E-state index in [1.165, 1.54) is 0 Å². The second kappa shape index (κ2) is 8.93. The number of rotatable bonds is 8. The van der Waals surface area contributed by atoms with Crippen molar-refractivity contribution in [2.75, 3.05) is 19.8 Å². The normalized spacial score (nSPS) is 19.9. The van der Waals surface area contributed by atoms with Crippen LogP contribution in [0.25, 0.3) is 0 Å². The van der Waals surface area contributed by atoms with Crippen molar-refractivity contribution in [2.24, 2.45) is 0 Å². The topological polar surface area (TPSA) is 58.9 Å². The molecule has 1 aliphatic heterocycles. The fourth-order valence-electron chi connectivity index (χ4n) is 1.87. The van der Waals surface area contributed by atoms with E-state index in [-0.39, 0.29) is 19.0 Å². The van der Waals surface area contributed by atoms with Gasteiger partial charge in [0.05, 0.1) is 19.3 Å². The van der Waals surface area contributed by atoms with E-state index >= 15 is 0 Å². The van der Waals surface area contributed by atoms with Gasteiger partial charge in [0, 0.05) is 6.61 Å². The Hall–Kier alpha value is -0.160.